The molecule has 2 aliphatic carbocycles. The summed E-state index contributed by atoms with van der Waals surface area (Å²) >= 11 is 6.10. The number of rotatable bonds is 3. The summed E-state index contributed by atoms with van der Waals surface area (Å²) in [6.45, 7) is 6.03. The Morgan fingerprint density at radius 1 is 1.14 bits per heavy atom. The largest absolute Gasteiger partial charge is 0.459 e. The van der Waals surface area contributed by atoms with E-state index in [-0.39, 0.29) is 29.2 Å². The van der Waals surface area contributed by atoms with Crippen molar-refractivity contribution in [3.8, 4) is 0 Å². The molecule has 2 atom stereocenters. The normalized spacial score (nSPS) is 26.6. The number of ether oxygens (including phenoxy) is 1. The zero-order chi connectivity index (χ0) is 20.8. The van der Waals surface area contributed by atoms with Crippen molar-refractivity contribution in [1.29, 1.82) is 0 Å². The van der Waals surface area contributed by atoms with Crippen LogP contribution in [0.3, 0.4) is 0 Å². The highest BCUT2D eigenvalue weighted by Crippen LogP contribution is 2.47. The van der Waals surface area contributed by atoms with E-state index in [0.29, 0.717) is 17.0 Å². The summed E-state index contributed by atoms with van der Waals surface area (Å²) in [6.07, 6.45) is 6.60. The summed E-state index contributed by atoms with van der Waals surface area (Å²) in [4.78, 5) is 26.5. The van der Waals surface area contributed by atoms with Crippen LogP contribution in [-0.4, -0.2) is 17.9 Å². The molecule has 1 N–H and O–H groups in total. The van der Waals surface area contributed by atoms with E-state index in [1.807, 2.05) is 31.2 Å². The molecule has 1 saturated carbocycles. The van der Waals surface area contributed by atoms with Crippen molar-refractivity contribution < 1.29 is 14.3 Å². The maximum absolute atomic E-state index is 13.2. The van der Waals surface area contributed by atoms with Crippen molar-refractivity contribution in [1.82, 2.24) is 5.32 Å². The smallest absolute Gasteiger partial charge is 0.336 e. The van der Waals surface area contributed by atoms with E-state index < -0.39 is 5.92 Å². The molecule has 1 aromatic rings. The standard InChI is InChI=1S/C24H28ClNO3/c1-14-20(23(28)29-17-6-4-5-7-17)21(15-8-10-16(25)11-9-15)22-18(26-14)12-24(2,3)13-19(22)27/h8-12,17,21-22,26H,4-7,13H2,1-3H3. The van der Waals surface area contributed by atoms with Gasteiger partial charge >= 0.3 is 5.97 Å². The molecule has 1 aromatic carbocycles. The Hall–Kier alpha value is -2.07. The molecule has 2 unspecified atom stereocenters. The predicted molar refractivity (Wildman–Crippen MR) is 113 cm³/mol. The average molecular weight is 414 g/mol. The Bertz CT molecular complexity index is 891. The molecule has 0 radical (unpaired) electrons. The Balaban J connectivity index is 1.79. The molecular weight excluding hydrogens is 386 g/mol. The third-order valence-electron chi connectivity index (χ3n) is 6.26. The van der Waals surface area contributed by atoms with E-state index in [4.69, 9.17) is 16.3 Å². The molecular formula is C24H28ClNO3. The number of carbonyl (C=O) groups is 2. The molecule has 0 saturated heterocycles. The highest BCUT2D eigenvalue weighted by molar-refractivity contribution is 6.30. The number of halogens is 1. The number of Topliss-reactive ketones (excluding diaryl/α,β-unsaturated/α-hetero) is 1. The first-order valence-corrected chi connectivity index (χ1v) is 10.8. The molecule has 4 rings (SSSR count). The maximum atomic E-state index is 13.2. The van der Waals surface area contributed by atoms with Gasteiger partial charge in [-0.15, -0.1) is 0 Å². The second-order valence-corrected chi connectivity index (χ2v) is 9.65. The lowest BCUT2D eigenvalue weighted by Gasteiger charge is -2.41. The molecule has 1 aliphatic heterocycles. The van der Waals surface area contributed by atoms with Crippen LogP contribution in [0, 0.1) is 11.3 Å². The summed E-state index contributed by atoms with van der Waals surface area (Å²) in [5, 5.41) is 3.99. The third-order valence-corrected chi connectivity index (χ3v) is 6.52. The van der Waals surface area contributed by atoms with Gasteiger partial charge in [0.1, 0.15) is 11.9 Å². The topological polar surface area (TPSA) is 55.4 Å². The van der Waals surface area contributed by atoms with Gasteiger partial charge in [0.2, 0.25) is 0 Å². The number of nitrogens with one attached hydrogen (secondary N) is 1. The number of fused-ring (bicyclic) bond motifs is 1. The molecule has 3 aliphatic rings. The molecule has 0 amide bonds. The summed E-state index contributed by atoms with van der Waals surface area (Å²) < 4.78 is 5.86. The molecule has 154 valence electrons. The predicted octanol–water partition coefficient (Wildman–Crippen LogP) is 5.29. The van der Waals surface area contributed by atoms with Crippen LogP contribution in [-0.2, 0) is 14.3 Å². The molecule has 29 heavy (non-hydrogen) atoms. The third kappa shape index (κ3) is 4.00. The number of hydrogen-bond donors (Lipinski definition) is 1. The second-order valence-electron chi connectivity index (χ2n) is 9.21. The minimum absolute atomic E-state index is 0.0217. The van der Waals surface area contributed by atoms with E-state index in [9.17, 15) is 9.59 Å². The van der Waals surface area contributed by atoms with Crippen molar-refractivity contribution in [2.75, 3.05) is 0 Å². The van der Waals surface area contributed by atoms with Gasteiger partial charge in [-0.05, 0) is 55.7 Å². The number of allylic oxidation sites excluding steroid dienone is 3. The van der Waals surface area contributed by atoms with Gasteiger partial charge in [0.15, 0.2) is 0 Å². The molecule has 1 heterocycles. The quantitative estimate of drug-likeness (QED) is 0.684. The van der Waals surface area contributed by atoms with Crippen LogP contribution >= 0.6 is 11.6 Å². The van der Waals surface area contributed by atoms with Crippen molar-refractivity contribution in [3.63, 3.8) is 0 Å². The zero-order valence-corrected chi connectivity index (χ0v) is 18.0. The van der Waals surface area contributed by atoms with Crippen LogP contribution in [0.15, 0.2) is 47.3 Å². The summed E-state index contributed by atoms with van der Waals surface area (Å²) in [7, 11) is 0. The monoisotopic (exact) mass is 413 g/mol. The summed E-state index contributed by atoms with van der Waals surface area (Å²) in [6, 6.07) is 7.46. The van der Waals surface area contributed by atoms with Gasteiger partial charge in [0, 0.05) is 28.8 Å². The van der Waals surface area contributed by atoms with Gasteiger partial charge in [-0.2, -0.15) is 0 Å². The molecule has 0 bridgehead atoms. The van der Waals surface area contributed by atoms with Crippen molar-refractivity contribution in [2.24, 2.45) is 11.3 Å². The molecule has 5 heteroatoms. The first-order chi connectivity index (χ1) is 13.7. The first-order valence-electron chi connectivity index (χ1n) is 10.4. The maximum Gasteiger partial charge on any atom is 0.336 e. The lowest BCUT2D eigenvalue weighted by atomic mass is 9.66. The van der Waals surface area contributed by atoms with Crippen LogP contribution < -0.4 is 5.32 Å². The van der Waals surface area contributed by atoms with Gasteiger partial charge in [0.25, 0.3) is 0 Å². The summed E-state index contributed by atoms with van der Waals surface area (Å²) in [5.74, 6) is -0.923. The van der Waals surface area contributed by atoms with Gasteiger partial charge in [-0.3, -0.25) is 4.79 Å². The zero-order valence-electron chi connectivity index (χ0n) is 17.3. The lowest BCUT2D eigenvalue weighted by Crippen LogP contribution is -2.43. The Labute approximate surface area is 177 Å². The highest BCUT2D eigenvalue weighted by atomic mass is 35.5. The van der Waals surface area contributed by atoms with Gasteiger partial charge in [-0.25, -0.2) is 4.79 Å². The fourth-order valence-electron chi connectivity index (χ4n) is 4.99. The Kier molecular flexibility index (Phi) is 5.32. The van der Waals surface area contributed by atoms with Crippen molar-refractivity contribution in [3.05, 3.63) is 57.9 Å². The lowest BCUT2D eigenvalue weighted by molar-refractivity contribution is -0.144. The van der Waals surface area contributed by atoms with Crippen LogP contribution in [0.1, 0.15) is 64.4 Å². The number of hydrogen-bond acceptors (Lipinski definition) is 4. The minimum Gasteiger partial charge on any atom is -0.459 e. The van der Waals surface area contributed by atoms with Gasteiger partial charge in [0.05, 0.1) is 11.5 Å². The second kappa shape index (κ2) is 7.64. The van der Waals surface area contributed by atoms with E-state index in [1.54, 1.807) is 0 Å². The molecule has 0 spiro atoms. The Morgan fingerprint density at radius 2 is 1.79 bits per heavy atom. The number of carbonyl (C=O) groups excluding carboxylic acids is 2. The average Bonchev–Trinajstić information content (AvgIpc) is 3.13. The van der Waals surface area contributed by atoms with Crippen molar-refractivity contribution in [2.45, 2.75) is 64.9 Å². The molecule has 1 fully saturated rings. The van der Waals surface area contributed by atoms with E-state index >= 15 is 0 Å². The molecule has 4 nitrogen and oxygen atoms in total. The van der Waals surface area contributed by atoms with Gasteiger partial charge < -0.3 is 10.1 Å². The highest BCUT2D eigenvalue weighted by Gasteiger charge is 2.46. The van der Waals surface area contributed by atoms with Gasteiger partial charge in [-0.1, -0.05) is 43.7 Å². The van der Waals surface area contributed by atoms with Crippen LogP contribution in [0.25, 0.3) is 0 Å². The fourth-order valence-corrected chi connectivity index (χ4v) is 5.11. The van der Waals surface area contributed by atoms with Crippen LogP contribution in [0.5, 0.6) is 0 Å². The minimum atomic E-state index is -0.404. The number of ketones is 1. The van der Waals surface area contributed by atoms with E-state index in [0.717, 1.165) is 42.6 Å². The fraction of sp³-hybridized carbons (Fsp3) is 0.500. The van der Waals surface area contributed by atoms with Crippen molar-refractivity contribution >= 4 is 23.4 Å². The van der Waals surface area contributed by atoms with E-state index in [2.05, 4.69) is 25.2 Å². The van der Waals surface area contributed by atoms with Crippen LogP contribution in [0.4, 0.5) is 0 Å². The Morgan fingerprint density at radius 3 is 2.45 bits per heavy atom. The molecule has 0 aromatic heterocycles. The number of esters is 1. The SMILES string of the molecule is CC1=C(C(=O)OC2CCCC2)C(c2ccc(Cl)cc2)C2C(=O)CC(C)(C)C=C2N1. The number of benzene rings is 1. The van der Waals surface area contributed by atoms with Crippen LogP contribution in [0.2, 0.25) is 5.02 Å². The van der Waals surface area contributed by atoms with E-state index in [1.165, 1.54) is 0 Å². The summed E-state index contributed by atoms with van der Waals surface area (Å²) in [5.41, 5.74) is 2.93. The first kappa shape index (κ1) is 20.2.